The number of amides is 2. The monoisotopic (exact) mass is 348 g/mol. The van der Waals surface area contributed by atoms with Crippen LogP contribution in [0.3, 0.4) is 0 Å². The second kappa shape index (κ2) is 9.95. The van der Waals surface area contributed by atoms with Gasteiger partial charge in [-0.05, 0) is 49.3 Å². The molecule has 130 valence electrons. The number of carbonyl (C=O) groups is 1. The van der Waals surface area contributed by atoms with Gasteiger partial charge in [-0.2, -0.15) is 0 Å². The van der Waals surface area contributed by atoms with E-state index in [2.05, 4.69) is 16.7 Å². The van der Waals surface area contributed by atoms with Crippen LogP contribution in [0.4, 0.5) is 10.5 Å². The van der Waals surface area contributed by atoms with Gasteiger partial charge in [-0.3, -0.25) is 0 Å². The molecular formula is C18H24N2O3S. The zero-order chi connectivity index (χ0) is 17.2. The number of hydrogen-bond acceptors (Lipinski definition) is 4. The van der Waals surface area contributed by atoms with E-state index in [-0.39, 0.29) is 18.6 Å². The highest BCUT2D eigenvalue weighted by atomic mass is 32.1. The van der Waals surface area contributed by atoms with Gasteiger partial charge < -0.3 is 20.5 Å². The summed E-state index contributed by atoms with van der Waals surface area (Å²) >= 11 is 1.68. The third-order valence-corrected chi connectivity index (χ3v) is 4.67. The van der Waals surface area contributed by atoms with Crippen LogP contribution in [0.1, 0.15) is 30.6 Å². The van der Waals surface area contributed by atoms with Gasteiger partial charge in [0.1, 0.15) is 5.75 Å². The van der Waals surface area contributed by atoms with Crippen molar-refractivity contribution in [3.8, 4) is 5.75 Å². The van der Waals surface area contributed by atoms with E-state index in [9.17, 15) is 9.90 Å². The molecule has 0 fully saturated rings. The summed E-state index contributed by atoms with van der Waals surface area (Å²) in [6.45, 7) is 3.15. The van der Waals surface area contributed by atoms with Crippen LogP contribution in [0.25, 0.3) is 0 Å². The van der Waals surface area contributed by atoms with E-state index in [4.69, 9.17) is 4.74 Å². The van der Waals surface area contributed by atoms with E-state index in [1.165, 1.54) is 4.88 Å². The molecule has 1 aromatic carbocycles. The molecule has 0 aliphatic rings. The average Bonchev–Trinajstić information content (AvgIpc) is 3.10. The van der Waals surface area contributed by atoms with Crippen molar-refractivity contribution < 1.29 is 14.6 Å². The Bertz CT molecular complexity index is 616. The number of anilines is 1. The standard InChI is InChI=1S/C18H24N2O3S/c1-2-23-16-7-4-3-6-15(16)20-18(22)19-11-9-14(10-12-21)17-8-5-13-24-17/h3-8,13-14,21H,2,9-12H2,1H3,(H2,19,20,22)/t14-/m1/s1. The van der Waals surface area contributed by atoms with Crippen molar-refractivity contribution in [1.29, 1.82) is 0 Å². The molecule has 0 aliphatic carbocycles. The lowest BCUT2D eigenvalue weighted by Crippen LogP contribution is -2.30. The van der Waals surface area contributed by atoms with Crippen LogP contribution >= 0.6 is 11.3 Å². The van der Waals surface area contributed by atoms with E-state index >= 15 is 0 Å². The summed E-state index contributed by atoms with van der Waals surface area (Å²) in [6, 6.07) is 11.2. The second-order valence-corrected chi connectivity index (χ2v) is 6.30. The number of para-hydroxylation sites is 2. The number of thiophene rings is 1. The van der Waals surface area contributed by atoms with Crippen molar-refractivity contribution in [2.75, 3.05) is 25.1 Å². The topological polar surface area (TPSA) is 70.6 Å². The van der Waals surface area contributed by atoms with Crippen LogP contribution < -0.4 is 15.4 Å². The van der Waals surface area contributed by atoms with Crippen LogP contribution in [0, 0.1) is 0 Å². The van der Waals surface area contributed by atoms with Crippen molar-refractivity contribution in [3.63, 3.8) is 0 Å². The molecule has 2 aromatic rings. The van der Waals surface area contributed by atoms with E-state index in [0.29, 0.717) is 31.0 Å². The van der Waals surface area contributed by atoms with Gasteiger partial charge in [0, 0.05) is 18.0 Å². The smallest absolute Gasteiger partial charge is 0.319 e. The van der Waals surface area contributed by atoms with Crippen molar-refractivity contribution >= 4 is 23.1 Å². The molecule has 24 heavy (non-hydrogen) atoms. The van der Waals surface area contributed by atoms with Gasteiger partial charge in [-0.1, -0.05) is 18.2 Å². The largest absolute Gasteiger partial charge is 0.492 e. The molecule has 3 N–H and O–H groups in total. The van der Waals surface area contributed by atoms with E-state index in [1.54, 1.807) is 11.3 Å². The molecule has 0 saturated carbocycles. The van der Waals surface area contributed by atoms with Gasteiger partial charge in [-0.15, -0.1) is 11.3 Å². The highest BCUT2D eigenvalue weighted by Crippen LogP contribution is 2.27. The summed E-state index contributed by atoms with van der Waals surface area (Å²) in [6.07, 6.45) is 1.50. The first kappa shape index (κ1) is 18.3. The van der Waals surface area contributed by atoms with Gasteiger partial charge in [-0.25, -0.2) is 4.79 Å². The predicted molar refractivity (Wildman–Crippen MR) is 98.0 cm³/mol. The van der Waals surface area contributed by atoms with Gasteiger partial charge in [0.25, 0.3) is 0 Å². The van der Waals surface area contributed by atoms with Crippen molar-refractivity contribution in [2.24, 2.45) is 0 Å². The number of nitrogens with one attached hydrogen (secondary N) is 2. The summed E-state index contributed by atoms with van der Waals surface area (Å²) in [4.78, 5) is 13.3. The number of aliphatic hydroxyl groups excluding tert-OH is 1. The third kappa shape index (κ3) is 5.54. The summed E-state index contributed by atoms with van der Waals surface area (Å²) in [5.74, 6) is 0.929. The molecule has 0 bridgehead atoms. The van der Waals surface area contributed by atoms with Crippen molar-refractivity contribution in [2.45, 2.75) is 25.7 Å². The zero-order valence-corrected chi connectivity index (χ0v) is 14.6. The van der Waals surface area contributed by atoms with Gasteiger partial charge in [0.2, 0.25) is 0 Å². The maximum absolute atomic E-state index is 12.1. The van der Waals surface area contributed by atoms with Crippen molar-refractivity contribution in [3.05, 3.63) is 46.7 Å². The lowest BCUT2D eigenvalue weighted by molar-refractivity contribution is 0.250. The van der Waals surface area contributed by atoms with E-state index in [0.717, 1.165) is 6.42 Å². The quantitative estimate of drug-likeness (QED) is 0.645. The van der Waals surface area contributed by atoms with Crippen LogP contribution in [0.2, 0.25) is 0 Å². The fraction of sp³-hybridized carbons (Fsp3) is 0.389. The summed E-state index contributed by atoms with van der Waals surface area (Å²) in [7, 11) is 0. The molecule has 0 radical (unpaired) electrons. The molecule has 0 aliphatic heterocycles. The molecule has 2 rings (SSSR count). The summed E-state index contributed by atoms with van der Waals surface area (Å²) in [5, 5.41) is 16.9. The lowest BCUT2D eigenvalue weighted by atomic mass is 10.00. The molecule has 1 atom stereocenters. The Morgan fingerprint density at radius 3 is 2.79 bits per heavy atom. The minimum absolute atomic E-state index is 0.149. The SMILES string of the molecule is CCOc1ccccc1NC(=O)NCC[C@H](CCO)c1cccs1. The van der Waals surface area contributed by atoms with E-state index < -0.39 is 0 Å². The first-order valence-electron chi connectivity index (χ1n) is 8.15. The predicted octanol–water partition coefficient (Wildman–Crippen LogP) is 3.82. The molecule has 6 heteroatoms. The number of hydrogen-bond donors (Lipinski definition) is 3. The first-order valence-corrected chi connectivity index (χ1v) is 9.03. The average molecular weight is 348 g/mol. The minimum atomic E-state index is -0.254. The van der Waals surface area contributed by atoms with Crippen LogP contribution in [-0.4, -0.2) is 30.9 Å². The maximum Gasteiger partial charge on any atom is 0.319 e. The molecule has 1 aromatic heterocycles. The fourth-order valence-electron chi connectivity index (χ4n) is 2.49. The minimum Gasteiger partial charge on any atom is -0.492 e. The van der Waals surface area contributed by atoms with Crippen molar-refractivity contribution in [1.82, 2.24) is 5.32 Å². The normalized spacial score (nSPS) is 11.8. The molecule has 0 saturated heterocycles. The Hall–Kier alpha value is -2.05. The number of urea groups is 1. The molecule has 2 amide bonds. The molecule has 0 spiro atoms. The third-order valence-electron chi connectivity index (χ3n) is 3.64. The number of aliphatic hydroxyl groups is 1. The Morgan fingerprint density at radius 2 is 2.08 bits per heavy atom. The highest BCUT2D eigenvalue weighted by Gasteiger charge is 2.13. The Balaban J connectivity index is 1.82. The van der Waals surface area contributed by atoms with Crippen LogP contribution in [0.15, 0.2) is 41.8 Å². The fourth-order valence-corrected chi connectivity index (χ4v) is 3.39. The Morgan fingerprint density at radius 1 is 1.25 bits per heavy atom. The number of ether oxygens (including phenoxy) is 1. The Labute approximate surface area is 146 Å². The van der Waals surface area contributed by atoms with Gasteiger partial charge >= 0.3 is 6.03 Å². The lowest BCUT2D eigenvalue weighted by Gasteiger charge is -2.15. The van der Waals surface area contributed by atoms with E-state index in [1.807, 2.05) is 42.6 Å². The molecule has 1 heterocycles. The number of rotatable bonds is 9. The first-order chi connectivity index (χ1) is 11.7. The Kier molecular flexibility index (Phi) is 7.58. The molecule has 5 nitrogen and oxygen atoms in total. The summed E-state index contributed by atoms with van der Waals surface area (Å²) < 4.78 is 5.49. The van der Waals surface area contributed by atoms with Crippen LogP contribution in [0.5, 0.6) is 5.75 Å². The number of benzene rings is 1. The highest BCUT2D eigenvalue weighted by molar-refractivity contribution is 7.10. The molecule has 0 unspecified atom stereocenters. The van der Waals surface area contributed by atoms with Crippen LogP contribution in [-0.2, 0) is 0 Å². The summed E-state index contributed by atoms with van der Waals surface area (Å²) in [5.41, 5.74) is 0.655. The van der Waals surface area contributed by atoms with Gasteiger partial charge in [0.05, 0.1) is 12.3 Å². The second-order valence-electron chi connectivity index (χ2n) is 5.32. The maximum atomic E-state index is 12.1. The number of carbonyl (C=O) groups excluding carboxylic acids is 1. The van der Waals surface area contributed by atoms with Gasteiger partial charge in [0.15, 0.2) is 0 Å². The zero-order valence-electron chi connectivity index (χ0n) is 13.8. The molecular weight excluding hydrogens is 324 g/mol.